The summed E-state index contributed by atoms with van der Waals surface area (Å²) in [7, 11) is 0. The average molecular weight is 384 g/mol. The second-order valence-corrected chi connectivity index (χ2v) is 7.23. The van der Waals surface area contributed by atoms with E-state index in [-0.39, 0.29) is 0 Å². The Bertz CT molecular complexity index is 736. The monoisotopic (exact) mass is 382 g/mol. The van der Waals surface area contributed by atoms with Gasteiger partial charge in [0.2, 0.25) is 0 Å². The van der Waals surface area contributed by atoms with E-state index in [0.29, 0.717) is 11.9 Å². The Kier molecular flexibility index (Phi) is 4.67. The number of aromatic nitrogens is 2. The molecule has 0 N–H and O–H groups in total. The lowest BCUT2D eigenvalue weighted by Crippen LogP contribution is -2.12. The standard InChI is InChI=1S/C16H16BrClN2S/c1-11(8-12-5-7-21-10-12)20-15-3-2-13(17)9-14(15)19-16(20)4-6-18/h2-3,5,7,9-11H,4,6,8H2,1H3. The van der Waals surface area contributed by atoms with Crippen LogP contribution in [0, 0.1) is 0 Å². The van der Waals surface area contributed by atoms with Crippen molar-refractivity contribution in [3.05, 3.63) is 50.9 Å². The number of aryl methyl sites for hydroxylation is 1. The van der Waals surface area contributed by atoms with Crippen molar-refractivity contribution in [3.63, 3.8) is 0 Å². The largest absolute Gasteiger partial charge is 0.325 e. The molecule has 110 valence electrons. The summed E-state index contributed by atoms with van der Waals surface area (Å²) in [6, 6.07) is 8.83. The van der Waals surface area contributed by atoms with Crippen molar-refractivity contribution in [3.8, 4) is 0 Å². The van der Waals surface area contributed by atoms with Crippen molar-refractivity contribution in [1.29, 1.82) is 0 Å². The van der Waals surface area contributed by atoms with Crippen LogP contribution in [0.3, 0.4) is 0 Å². The maximum Gasteiger partial charge on any atom is 0.111 e. The molecule has 2 aromatic heterocycles. The Labute approximate surface area is 141 Å². The first-order chi connectivity index (χ1) is 10.2. The molecule has 0 spiro atoms. The van der Waals surface area contributed by atoms with E-state index in [4.69, 9.17) is 16.6 Å². The fourth-order valence-corrected chi connectivity index (χ4v) is 3.92. The van der Waals surface area contributed by atoms with Gasteiger partial charge in [0, 0.05) is 22.8 Å². The van der Waals surface area contributed by atoms with Gasteiger partial charge in [-0.2, -0.15) is 11.3 Å². The van der Waals surface area contributed by atoms with Crippen LogP contribution in [-0.4, -0.2) is 15.4 Å². The van der Waals surface area contributed by atoms with Gasteiger partial charge in [-0.3, -0.25) is 0 Å². The highest BCUT2D eigenvalue weighted by molar-refractivity contribution is 9.10. The Morgan fingerprint density at radius 1 is 1.38 bits per heavy atom. The molecule has 2 heterocycles. The summed E-state index contributed by atoms with van der Waals surface area (Å²) in [5, 5.41) is 4.35. The van der Waals surface area contributed by atoms with E-state index >= 15 is 0 Å². The van der Waals surface area contributed by atoms with E-state index < -0.39 is 0 Å². The van der Waals surface area contributed by atoms with Gasteiger partial charge in [-0.25, -0.2) is 4.98 Å². The Morgan fingerprint density at radius 2 is 2.24 bits per heavy atom. The Morgan fingerprint density at radius 3 is 2.95 bits per heavy atom. The third kappa shape index (κ3) is 3.17. The fourth-order valence-electron chi connectivity index (χ4n) is 2.72. The number of hydrogen-bond donors (Lipinski definition) is 0. The van der Waals surface area contributed by atoms with Crippen molar-refractivity contribution in [2.24, 2.45) is 0 Å². The highest BCUT2D eigenvalue weighted by Gasteiger charge is 2.16. The van der Waals surface area contributed by atoms with Crippen molar-refractivity contribution in [2.75, 3.05) is 5.88 Å². The van der Waals surface area contributed by atoms with Gasteiger partial charge in [0.25, 0.3) is 0 Å². The smallest absolute Gasteiger partial charge is 0.111 e. The van der Waals surface area contributed by atoms with Crippen molar-refractivity contribution < 1.29 is 0 Å². The molecule has 0 fully saturated rings. The van der Waals surface area contributed by atoms with Crippen LogP contribution in [0.5, 0.6) is 0 Å². The molecule has 1 unspecified atom stereocenters. The molecule has 3 aromatic rings. The predicted molar refractivity (Wildman–Crippen MR) is 94.6 cm³/mol. The molecule has 1 aromatic carbocycles. The van der Waals surface area contributed by atoms with Crippen LogP contribution in [0.2, 0.25) is 0 Å². The van der Waals surface area contributed by atoms with E-state index in [1.54, 1.807) is 11.3 Å². The number of halogens is 2. The van der Waals surface area contributed by atoms with Gasteiger partial charge in [0.1, 0.15) is 5.82 Å². The van der Waals surface area contributed by atoms with E-state index in [1.165, 1.54) is 11.1 Å². The van der Waals surface area contributed by atoms with Crippen molar-refractivity contribution >= 4 is 49.9 Å². The summed E-state index contributed by atoms with van der Waals surface area (Å²) in [6.45, 7) is 2.25. The highest BCUT2D eigenvalue weighted by atomic mass is 79.9. The minimum atomic E-state index is 0.365. The van der Waals surface area contributed by atoms with E-state index in [1.807, 2.05) is 0 Å². The zero-order valence-electron chi connectivity index (χ0n) is 11.7. The van der Waals surface area contributed by atoms with Crippen molar-refractivity contribution in [1.82, 2.24) is 9.55 Å². The number of rotatable bonds is 5. The summed E-state index contributed by atoms with van der Waals surface area (Å²) < 4.78 is 3.39. The Hall–Kier alpha value is -0.840. The molecule has 0 aliphatic rings. The number of fused-ring (bicyclic) bond motifs is 1. The molecule has 0 radical (unpaired) electrons. The molecular formula is C16H16BrClN2S. The van der Waals surface area contributed by atoms with Gasteiger partial charge >= 0.3 is 0 Å². The van der Waals surface area contributed by atoms with Gasteiger partial charge in [-0.1, -0.05) is 15.9 Å². The van der Waals surface area contributed by atoms with Crippen LogP contribution in [0.25, 0.3) is 11.0 Å². The number of hydrogen-bond acceptors (Lipinski definition) is 2. The zero-order valence-corrected chi connectivity index (χ0v) is 14.9. The summed E-state index contributed by atoms with van der Waals surface area (Å²) >= 11 is 11.2. The van der Waals surface area contributed by atoms with E-state index in [2.05, 4.69) is 62.4 Å². The number of alkyl halides is 1. The lowest BCUT2D eigenvalue weighted by atomic mass is 10.1. The molecule has 21 heavy (non-hydrogen) atoms. The summed E-state index contributed by atoms with van der Waals surface area (Å²) in [6.07, 6.45) is 1.81. The van der Waals surface area contributed by atoms with E-state index in [9.17, 15) is 0 Å². The molecule has 0 saturated carbocycles. The molecule has 3 rings (SSSR count). The van der Waals surface area contributed by atoms with Gasteiger partial charge in [-0.05, 0) is 53.9 Å². The van der Waals surface area contributed by atoms with Crippen LogP contribution >= 0.6 is 38.9 Å². The molecule has 2 nitrogen and oxygen atoms in total. The average Bonchev–Trinajstić information content (AvgIpc) is 3.05. The highest BCUT2D eigenvalue weighted by Crippen LogP contribution is 2.27. The van der Waals surface area contributed by atoms with E-state index in [0.717, 1.165) is 28.7 Å². The third-order valence-electron chi connectivity index (χ3n) is 3.59. The summed E-state index contributed by atoms with van der Waals surface area (Å²) in [4.78, 5) is 4.76. The van der Waals surface area contributed by atoms with Gasteiger partial charge < -0.3 is 4.57 Å². The summed E-state index contributed by atoms with van der Waals surface area (Å²) in [5.74, 6) is 1.66. The lowest BCUT2D eigenvalue weighted by molar-refractivity contribution is 0.538. The first-order valence-corrected chi connectivity index (χ1v) is 9.19. The molecule has 0 aliphatic carbocycles. The van der Waals surface area contributed by atoms with Crippen LogP contribution in [-0.2, 0) is 12.8 Å². The second-order valence-electron chi connectivity index (χ2n) is 5.15. The zero-order chi connectivity index (χ0) is 14.8. The number of nitrogens with zero attached hydrogens (tertiary/aromatic N) is 2. The quantitative estimate of drug-likeness (QED) is 0.536. The number of thiophene rings is 1. The maximum atomic E-state index is 5.95. The first kappa shape index (κ1) is 15.1. The topological polar surface area (TPSA) is 17.8 Å². The third-order valence-corrected chi connectivity index (χ3v) is 5.01. The van der Waals surface area contributed by atoms with Crippen LogP contribution < -0.4 is 0 Å². The van der Waals surface area contributed by atoms with Gasteiger partial charge in [-0.15, -0.1) is 11.6 Å². The molecule has 5 heteroatoms. The predicted octanol–water partition coefficient (Wildman–Crippen LogP) is 5.45. The Balaban J connectivity index is 2.03. The first-order valence-electron chi connectivity index (χ1n) is 6.92. The van der Waals surface area contributed by atoms with Crippen LogP contribution in [0.1, 0.15) is 24.4 Å². The molecular weight excluding hydrogens is 368 g/mol. The SMILES string of the molecule is CC(Cc1ccsc1)n1c(CCCl)nc2cc(Br)ccc21. The summed E-state index contributed by atoms with van der Waals surface area (Å²) in [5.41, 5.74) is 3.59. The second kappa shape index (κ2) is 6.51. The lowest BCUT2D eigenvalue weighted by Gasteiger charge is -2.17. The fraction of sp³-hybridized carbons (Fsp3) is 0.312. The molecule has 1 atom stereocenters. The van der Waals surface area contributed by atoms with Crippen molar-refractivity contribution in [2.45, 2.75) is 25.8 Å². The van der Waals surface area contributed by atoms with Gasteiger partial charge in [0.15, 0.2) is 0 Å². The molecule has 0 aliphatic heterocycles. The minimum absolute atomic E-state index is 0.365. The molecule has 0 amide bonds. The number of imidazole rings is 1. The molecule has 0 saturated heterocycles. The normalized spacial score (nSPS) is 12.9. The maximum absolute atomic E-state index is 5.95. The molecule has 0 bridgehead atoms. The van der Waals surface area contributed by atoms with Crippen LogP contribution in [0.4, 0.5) is 0 Å². The minimum Gasteiger partial charge on any atom is -0.325 e. The van der Waals surface area contributed by atoms with Crippen LogP contribution in [0.15, 0.2) is 39.5 Å². The van der Waals surface area contributed by atoms with Gasteiger partial charge in [0.05, 0.1) is 11.0 Å². The number of benzene rings is 1.